The maximum Gasteiger partial charge on any atom is 0.251 e. The third-order valence-electron chi connectivity index (χ3n) is 4.62. The van der Waals surface area contributed by atoms with Gasteiger partial charge in [0.2, 0.25) is 5.91 Å². The van der Waals surface area contributed by atoms with Crippen LogP contribution < -0.4 is 5.32 Å². The van der Waals surface area contributed by atoms with Crippen molar-refractivity contribution in [2.75, 3.05) is 33.2 Å². The second-order valence-electron chi connectivity index (χ2n) is 6.30. The zero-order valence-corrected chi connectivity index (χ0v) is 14.4. The van der Waals surface area contributed by atoms with Gasteiger partial charge in [-0.05, 0) is 24.7 Å². The monoisotopic (exact) mass is 337 g/mol. The summed E-state index contributed by atoms with van der Waals surface area (Å²) in [6.45, 7) is 2.16. The van der Waals surface area contributed by atoms with Crippen LogP contribution in [0.1, 0.15) is 22.0 Å². The molecule has 1 N–H and O–H groups in total. The quantitative estimate of drug-likeness (QED) is 0.927. The molecule has 2 amide bonds. The van der Waals surface area contributed by atoms with E-state index in [9.17, 15) is 9.59 Å². The van der Waals surface area contributed by atoms with E-state index in [4.69, 9.17) is 0 Å². The van der Waals surface area contributed by atoms with Gasteiger partial charge in [0.25, 0.3) is 5.91 Å². The molecule has 25 heavy (non-hydrogen) atoms. The van der Waals surface area contributed by atoms with Crippen molar-refractivity contribution >= 4 is 11.8 Å². The van der Waals surface area contributed by atoms with E-state index < -0.39 is 0 Å². The molecule has 0 bridgehead atoms. The minimum absolute atomic E-state index is 0.0267. The Morgan fingerprint density at radius 3 is 2.32 bits per heavy atom. The molecule has 2 aromatic rings. The number of hydrogen-bond acceptors (Lipinski definition) is 3. The van der Waals surface area contributed by atoms with E-state index in [1.54, 1.807) is 12.1 Å². The largest absolute Gasteiger partial charge is 0.343 e. The summed E-state index contributed by atoms with van der Waals surface area (Å²) in [6, 6.07) is 19.3. The summed E-state index contributed by atoms with van der Waals surface area (Å²) >= 11 is 0. The highest BCUT2D eigenvalue weighted by Crippen LogP contribution is 2.23. The van der Waals surface area contributed by atoms with Crippen molar-refractivity contribution < 1.29 is 9.59 Å². The molecule has 130 valence electrons. The average Bonchev–Trinajstić information content (AvgIpc) is 2.67. The lowest BCUT2D eigenvalue weighted by Gasteiger charge is -2.39. The molecule has 5 heteroatoms. The van der Waals surface area contributed by atoms with Crippen molar-refractivity contribution in [2.24, 2.45) is 0 Å². The molecular weight excluding hydrogens is 314 g/mol. The predicted molar refractivity (Wildman–Crippen MR) is 97.2 cm³/mol. The van der Waals surface area contributed by atoms with Crippen LogP contribution in [0.5, 0.6) is 0 Å². The molecule has 0 spiro atoms. The van der Waals surface area contributed by atoms with Crippen molar-refractivity contribution in [2.45, 2.75) is 6.04 Å². The number of likely N-dealkylation sites (N-methyl/N-ethyl adjacent to an activating group) is 1. The van der Waals surface area contributed by atoms with Crippen LogP contribution in [0.2, 0.25) is 0 Å². The topological polar surface area (TPSA) is 52.6 Å². The SMILES string of the molecule is CN1CCN(C(=O)CNC(=O)c2ccccc2)CC1c1ccccc1. The number of piperazine rings is 1. The fraction of sp³-hybridized carbons (Fsp3) is 0.300. The lowest BCUT2D eigenvalue weighted by Crippen LogP contribution is -2.51. The first-order valence-corrected chi connectivity index (χ1v) is 8.51. The molecule has 1 aliphatic rings. The van der Waals surface area contributed by atoms with E-state index in [1.165, 1.54) is 5.56 Å². The molecule has 1 heterocycles. The second kappa shape index (κ2) is 7.94. The number of benzene rings is 2. The van der Waals surface area contributed by atoms with Gasteiger partial charge in [-0.15, -0.1) is 0 Å². The highest BCUT2D eigenvalue weighted by atomic mass is 16.2. The van der Waals surface area contributed by atoms with E-state index in [-0.39, 0.29) is 24.4 Å². The molecule has 0 aliphatic carbocycles. The summed E-state index contributed by atoms with van der Waals surface area (Å²) in [5.41, 5.74) is 1.77. The standard InChI is InChI=1S/C20H23N3O2/c1-22-12-13-23(15-18(22)16-8-4-2-5-9-16)19(24)14-21-20(25)17-10-6-3-7-11-17/h2-11,18H,12-15H2,1H3,(H,21,25). The fourth-order valence-corrected chi connectivity index (χ4v) is 3.09. The van der Waals surface area contributed by atoms with Gasteiger partial charge in [0, 0.05) is 25.2 Å². The van der Waals surface area contributed by atoms with Crippen LogP contribution in [0, 0.1) is 0 Å². The van der Waals surface area contributed by atoms with Crippen LogP contribution >= 0.6 is 0 Å². The highest BCUT2D eigenvalue weighted by molar-refractivity contribution is 5.96. The first-order chi connectivity index (χ1) is 12.1. The van der Waals surface area contributed by atoms with Gasteiger partial charge in [-0.2, -0.15) is 0 Å². The van der Waals surface area contributed by atoms with E-state index in [0.717, 1.165) is 6.54 Å². The molecule has 3 rings (SSSR count). The van der Waals surface area contributed by atoms with E-state index in [1.807, 2.05) is 41.3 Å². The molecule has 5 nitrogen and oxygen atoms in total. The molecular formula is C20H23N3O2. The molecule has 0 saturated carbocycles. The molecule has 1 aliphatic heterocycles. The maximum absolute atomic E-state index is 12.5. The highest BCUT2D eigenvalue weighted by Gasteiger charge is 2.28. The Morgan fingerprint density at radius 1 is 1.00 bits per heavy atom. The number of rotatable bonds is 4. The van der Waals surface area contributed by atoms with Crippen LogP contribution in [0.15, 0.2) is 60.7 Å². The van der Waals surface area contributed by atoms with Gasteiger partial charge in [-0.1, -0.05) is 48.5 Å². The van der Waals surface area contributed by atoms with Crippen molar-refractivity contribution in [3.8, 4) is 0 Å². The number of amides is 2. The molecule has 0 aromatic heterocycles. The Kier molecular flexibility index (Phi) is 5.46. The number of carbonyl (C=O) groups excluding carboxylic acids is 2. The third kappa shape index (κ3) is 4.25. The van der Waals surface area contributed by atoms with Crippen molar-refractivity contribution in [1.29, 1.82) is 0 Å². The predicted octanol–water partition coefficient (Wildman–Crippen LogP) is 1.93. The first-order valence-electron chi connectivity index (χ1n) is 8.51. The normalized spacial score (nSPS) is 18.0. The van der Waals surface area contributed by atoms with Gasteiger partial charge in [0.15, 0.2) is 0 Å². The zero-order valence-electron chi connectivity index (χ0n) is 14.4. The molecule has 0 radical (unpaired) electrons. The van der Waals surface area contributed by atoms with Crippen LogP contribution in [0.4, 0.5) is 0 Å². The van der Waals surface area contributed by atoms with Crippen LogP contribution in [0.3, 0.4) is 0 Å². The summed E-state index contributed by atoms with van der Waals surface area (Å²) in [5.74, 6) is -0.263. The summed E-state index contributed by atoms with van der Waals surface area (Å²) in [7, 11) is 2.08. The maximum atomic E-state index is 12.5. The minimum Gasteiger partial charge on any atom is -0.343 e. The van der Waals surface area contributed by atoms with Gasteiger partial charge in [0.1, 0.15) is 0 Å². The Morgan fingerprint density at radius 2 is 1.64 bits per heavy atom. The van der Waals surface area contributed by atoms with E-state index in [0.29, 0.717) is 18.7 Å². The first kappa shape index (κ1) is 17.2. The van der Waals surface area contributed by atoms with E-state index in [2.05, 4.69) is 29.4 Å². The Labute approximate surface area is 148 Å². The number of hydrogen-bond donors (Lipinski definition) is 1. The second-order valence-corrected chi connectivity index (χ2v) is 6.30. The molecule has 2 aromatic carbocycles. The van der Waals surface area contributed by atoms with Crippen LogP contribution in [-0.2, 0) is 4.79 Å². The number of nitrogens with zero attached hydrogens (tertiary/aromatic N) is 2. The Bertz CT molecular complexity index is 718. The van der Waals surface area contributed by atoms with Gasteiger partial charge in [-0.25, -0.2) is 0 Å². The molecule has 1 fully saturated rings. The van der Waals surface area contributed by atoms with Gasteiger partial charge >= 0.3 is 0 Å². The summed E-state index contributed by atoms with van der Waals surface area (Å²) in [5, 5.41) is 2.72. The molecule has 1 saturated heterocycles. The van der Waals surface area contributed by atoms with Gasteiger partial charge < -0.3 is 10.2 Å². The van der Waals surface area contributed by atoms with E-state index >= 15 is 0 Å². The summed E-state index contributed by atoms with van der Waals surface area (Å²) in [6.07, 6.45) is 0. The van der Waals surface area contributed by atoms with Crippen molar-refractivity contribution in [3.05, 3.63) is 71.8 Å². The average molecular weight is 337 g/mol. The number of nitrogens with one attached hydrogen (secondary N) is 1. The smallest absolute Gasteiger partial charge is 0.251 e. The minimum atomic E-state index is -0.220. The Hall–Kier alpha value is -2.66. The lowest BCUT2D eigenvalue weighted by molar-refractivity contribution is -0.132. The third-order valence-corrected chi connectivity index (χ3v) is 4.62. The van der Waals surface area contributed by atoms with Crippen LogP contribution in [-0.4, -0.2) is 54.8 Å². The number of carbonyl (C=O) groups is 2. The summed E-state index contributed by atoms with van der Waals surface area (Å²) in [4.78, 5) is 28.7. The zero-order chi connectivity index (χ0) is 17.6. The molecule has 1 unspecified atom stereocenters. The lowest BCUT2D eigenvalue weighted by atomic mass is 10.0. The fourth-order valence-electron chi connectivity index (χ4n) is 3.09. The molecule has 1 atom stereocenters. The van der Waals surface area contributed by atoms with Crippen molar-refractivity contribution in [3.63, 3.8) is 0 Å². The summed E-state index contributed by atoms with van der Waals surface area (Å²) < 4.78 is 0. The Balaban J connectivity index is 1.58. The van der Waals surface area contributed by atoms with Gasteiger partial charge in [0.05, 0.1) is 12.6 Å². The van der Waals surface area contributed by atoms with Crippen molar-refractivity contribution in [1.82, 2.24) is 15.1 Å². The van der Waals surface area contributed by atoms with Gasteiger partial charge in [-0.3, -0.25) is 14.5 Å². The van der Waals surface area contributed by atoms with Crippen LogP contribution in [0.25, 0.3) is 0 Å².